The van der Waals surface area contributed by atoms with Crippen molar-refractivity contribution in [1.82, 2.24) is 9.80 Å². The van der Waals surface area contributed by atoms with Crippen LogP contribution in [0.25, 0.3) is 11.0 Å². The zero-order valence-corrected chi connectivity index (χ0v) is 17.4. The van der Waals surface area contributed by atoms with Gasteiger partial charge in [-0.2, -0.15) is 0 Å². The number of benzene rings is 2. The lowest BCUT2D eigenvalue weighted by atomic mass is 9.79. The minimum absolute atomic E-state index is 0.00376. The van der Waals surface area contributed by atoms with Crippen LogP contribution in [-0.2, 0) is 6.54 Å². The minimum Gasteiger partial charge on any atom is -0.422 e. The molecule has 2 saturated heterocycles. The summed E-state index contributed by atoms with van der Waals surface area (Å²) in [6, 6.07) is 15.8. The summed E-state index contributed by atoms with van der Waals surface area (Å²) in [5.74, 6) is -0.434. The molecular weight excluding hydrogens is 395 g/mol. The van der Waals surface area contributed by atoms with E-state index in [2.05, 4.69) is 4.90 Å². The third kappa shape index (κ3) is 3.88. The van der Waals surface area contributed by atoms with Crippen molar-refractivity contribution in [3.8, 4) is 0 Å². The molecule has 1 spiro atoms. The highest BCUT2D eigenvalue weighted by Crippen LogP contribution is 2.39. The summed E-state index contributed by atoms with van der Waals surface area (Å²) in [6.07, 6.45) is 2.96. The molecule has 3 heterocycles. The van der Waals surface area contributed by atoms with Gasteiger partial charge in [0.15, 0.2) is 0 Å². The lowest BCUT2D eigenvalue weighted by Crippen LogP contribution is -2.45. The number of piperidine rings is 1. The molecule has 1 aromatic heterocycles. The Balaban J connectivity index is 1.32. The Morgan fingerprint density at radius 3 is 2.71 bits per heavy atom. The van der Waals surface area contributed by atoms with Crippen molar-refractivity contribution >= 4 is 16.9 Å². The van der Waals surface area contributed by atoms with Gasteiger partial charge >= 0.3 is 5.63 Å². The van der Waals surface area contributed by atoms with Gasteiger partial charge in [-0.25, -0.2) is 9.18 Å². The van der Waals surface area contributed by atoms with E-state index in [1.54, 1.807) is 29.2 Å². The summed E-state index contributed by atoms with van der Waals surface area (Å²) >= 11 is 0. The van der Waals surface area contributed by atoms with Gasteiger partial charge in [-0.15, -0.1) is 0 Å². The summed E-state index contributed by atoms with van der Waals surface area (Å²) in [6.45, 7) is 3.58. The maximum absolute atomic E-state index is 14.1. The second-order valence-corrected chi connectivity index (χ2v) is 8.87. The molecular formula is C25H25FN2O3. The van der Waals surface area contributed by atoms with Crippen LogP contribution in [0.5, 0.6) is 0 Å². The van der Waals surface area contributed by atoms with E-state index in [4.69, 9.17) is 4.42 Å². The summed E-state index contributed by atoms with van der Waals surface area (Å²) in [4.78, 5) is 29.7. The van der Waals surface area contributed by atoms with Gasteiger partial charge in [-0.3, -0.25) is 9.69 Å². The standard InChI is InChI=1S/C25H25FN2O3/c26-21-8-3-1-7-19(21)15-27-12-5-10-25(16-27)11-13-28(17-25)23(29)20-14-18-6-2-4-9-22(18)31-24(20)30/h1-4,6-9,14H,5,10-13,15-17H2/t25-/m0/s1. The fraction of sp³-hybridized carbons (Fsp3) is 0.360. The van der Waals surface area contributed by atoms with Crippen LogP contribution >= 0.6 is 0 Å². The molecule has 5 rings (SSSR count). The normalized spacial score (nSPS) is 21.8. The van der Waals surface area contributed by atoms with E-state index in [0.29, 0.717) is 30.8 Å². The number of rotatable bonds is 3. The van der Waals surface area contributed by atoms with Crippen molar-refractivity contribution in [3.63, 3.8) is 0 Å². The number of likely N-dealkylation sites (tertiary alicyclic amines) is 2. The van der Waals surface area contributed by atoms with Crippen LogP contribution in [0.3, 0.4) is 0 Å². The van der Waals surface area contributed by atoms with Crippen LogP contribution in [0.2, 0.25) is 0 Å². The number of fused-ring (bicyclic) bond motifs is 1. The lowest BCUT2D eigenvalue weighted by molar-refractivity contribution is 0.0670. The third-order valence-corrected chi connectivity index (χ3v) is 6.69. The number of carbonyl (C=O) groups excluding carboxylic acids is 1. The molecule has 1 atom stereocenters. The first-order valence-corrected chi connectivity index (χ1v) is 10.8. The first-order chi connectivity index (χ1) is 15.0. The lowest BCUT2D eigenvalue weighted by Gasteiger charge is -2.40. The molecule has 2 aliphatic heterocycles. The topological polar surface area (TPSA) is 53.8 Å². The Kier molecular flexibility index (Phi) is 5.10. The molecule has 1 amide bonds. The summed E-state index contributed by atoms with van der Waals surface area (Å²) in [5, 5.41) is 0.744. The largest absolute Gasteiger partial charge is 0.422 e. The molecule has 0 radical (unpaired) electrons. The average Bonchev–Trinajstić information content (AvgIpc) is 3.17. The van der Waals surface area contributed by atoms with Crippen molar-refractivity contribution < 1.29 is 13.6 Å². The molecule has 5 nitrogen and oxygen atoms in total. The zero-order chi connectivity index (χ0) is 21.4. The molecule has 3 aromatic rings. The van der Waals surface area contributed by atoms with E-state index in [-0.39, 0.29) is 22.7 Å². The van der Waals surface area contributed by atoms with Crippen molar-refractivity contribution in [2.24, 2.45) is 5.41 Å². The van der Waals surface area contributed by atoms with Crippen LogP contribution in [0.15, 0.2) is 63.8 Å². The third-order valence-electron chi connectivity index (χ3n) is 6.69. The van der Waals surface area contributed by atoms with E-state index >= 15 is 0 Å². The van der Waals surface area contributed by atoms with E-state index in [0.717, 1.165) is 37.7 Å². The van der Waals surface area contributed by atoms with Crippen LogP contribution in [0, 0.1) is 11.2 Å². The number of hydrogen-bond acceptors (Lipinski definition) is 4. The quantitative estimate of drug-likeness (QED) is 0.600. The van der Waals surface area contributed by atoms with Gasteiger partial charge in [0.05, 0.1) is 0 Å². The van der Waals surface area contributed by atoms with Crippen molar-refractivity contribution in [1.29, 1.82) is 0 Å². The summed E-state index contributed by atoms with van der Waals surface area (Å²) in [5.41, 5.74) is 0.692. The molecule has 0 N–H and O–H groups in total. The second kappa shape index (κ2) is 7.93. The average molecular weight is 420 g/mol. The molecule has 2 fully saturated rings. The van der Waals surface area contributed by atoms with Gasteiger partial charge in [0.2, 0.25) is 0 Å². The molecule has 160 valence electrons. The maximum atomic E-state index is 14.1. The Morgan fingerprint density at radius 2 is 1.84 bits per heavy atom. The number of hydrogen-bond donors (Lipinski definition) is 0. The molecule has 31 heavy (non-hydrogen) atoms. The van der Waals surface area contributed by atoms with E-state index in [9.17, 15) is 14.0 Å². The van der Waals surface area contributed by atoms with Gasteiger partial charge < -0.3 is 9.32 Å². The summed E-state index contributed by atoms with van der Waals surface area (Å²) < 4.78 is 19.5. The monoisotopic (exact) mass is 420 g/mol. The highest BCUT2D eigenvalue weighted by molar-refractivity contribution is 5.96. The second-order valence-electron chi connectivity index (χ2n) is 8.87. The van der Waals surface area contributed by atoms with E-state index < -0.39 is 5.63 Å². The predicted octanol–water partition coefficient (Wildman–Crippen LogP) is 4.06. The van der Waals surface area contributed by atoms with Crippen LogP contribution < -0.4 is 5.63 Å². The number of nitrogens with zero attached hydrogens (tertiary/aromatic N) is 2. The smallest absolute Gasteiger partial charge is 0.349 e. The number of amides is 1. The molecule has 0 aliphatic carbocycles. The fourth-order valence-electron chi connectivity index (χ4n) is 5.14. The Labute approximate surface area is 180 Å². The van der Waals surface area contributed by atoms with Crippen molar-refractivity contribution in [2.75, 3.05) is 26.2 Å². The van der Waals surface area contributed by atoms with Gasteiger partial charge in [0, 0.05) is 42.5 Å². The molecule has 0 bridgehead atoms. The van der Waals surface area contributed by atoms with Crippen LogP contribution in [-0.4, -0.2) is 41.9 Å². The van der Waals surface area contributed by atoms with Gasteiger partial charge in [0.1, 0.15) is 17.0 Å². The minimum atomic E-state index is -0.588. The number of carbonyl (C=O) groups is 1. The molecule has 2 aromatic carbocycles. The predicted molar refractivity (Wildman–Crippen MR) is 116 cm³/mol. The van der Waals surface area contributed by atoms with Crippen LogP contribution in [0.1, 0.15) is 35.2 Å². The maximum Gasteiger partial charge on any atom is 0.349 e. The number of halogens is 1. The number of para-hydroxylation sites is 1. The molecule has 0 unspecified atom stereocenters. The Hall–Kier alpha value is -2.99. The first-order valence-electron chi connectivity index (χ1n) is 10.8. The fourth-order valence-corrected chi connectivity index (χ4v) is 5.14. The molecule has 6 heteroatoms. The Bertz CT molecular complexity index is 1190. The van der Waals surface area contributed by atoms with Gasteiger partial charge in [-0.1, -0.05) is 36.4 Å². The van der Waals surface area contributed by atoms with Gasteiger partial charge in [0.25, 0.3) is 5.91 Å². The summed E-state index contributed by atoms with van der Waals surface area (Å²) in [7, 11) is 0. The van der Waals surface area contributed by atoms with E-state index in [1.165, 1.54) is 6.07 Å². The highest BCUT2D eigenvalue weighted by atomic mass is 19.1. The van der Waals surface area contributed by atoms with Gasteiger partial charge in [-0.05, 0) is 44.0 Å². The molecule has 2 aliphatic rings. The van der Waals surface area contributed by atoms with E-state index in [1.807, 2.05) is 24.3 Å². The van der Waals surface area contributed by atoms with Crippen LogP contribution in [0.4, 0.5) is 4.39 Å². The molecule has 0 saturated carbocycles. The van der Waals surface area contributed by atoms with Crippen molar-refractivity contribution in [2.45, 2.75) is 25.8 Å². The SMILES string of the molecule is O=C(c1cc2ccccc2oc1=O)N1CC[C@]2(CCCN(Cc3ccccc3F)C2)C1. The highest BCUT2D eigenvalue weighted by Gasteiger charge is 2.43. The zero-order valence-electron chi connectivity index (χ0n) is 17.4. The first kappa shape index (κ1) is 19.9. The van der Waals surface area contributed by atoms with Crippen molar-refractivity contribution in [3.05, 3.63) is 82.0 Å². The Morgan fingerprint density at radius 1 is 1.03 bits per heavy atom.